The van der Waals surface area contributed by atoms with Crippen LogP contribution in [0.15, 0.2) is 150 Å². The molecule has 0 aliphatic carbocycles. The standard InChI is InChI=1S/C42H24N2O/c1-3-13-35-31(11-1)41-37-17-18-38-42(41)32-12-2-4-14-36(32)44(38)30-16-20-40-34(24-30)33-23-28(15-19-39(33)45-40)26-8-5-7-25(21-26)27-9-6-10-29(22-27)43(35)37/h1-24H. The van der Waals surface area contributed by atoms with Crippen LogP contribution in [0.5, 0.6) is 0 Å². The van der Waals surface area contributed by atoms with Crippen LogP contribution in [0.2, 0.25) is 0 Å². The van der Waals surface area contributed by atoms with E-state index < -0.39 is 0 Å². The number of fused-ring (bicyclic) bond motifs is 3. The Balaban J connectivity index is 1.50. The largest absolute Gasteiger partial charge is 0.456 e. The monoisotopic (exact) mass is 572 g/mol. The average molecular weight is 573 g/mol. The van der Waals surface area contributed by atoms with Crippen molar-refractivity contribution in [3.8, 4) is 0 Å². The first kappa shape index (κ1) is 23.4. The van der Waals surface area contributed by atoms with Gasteiger partial charge in [0, 0.05) is 43.4 Å². The van der Waals surface area contributed by atoms with Crippen molar-refractivity contribution in [2.24, 2.45) is 0 Å². The molecule has 5 aromatic heterocycles. The molecule has 0 amide bonds. The molecule has 3 nitrogen and oxygen atoms in total. The Morgan fingerprint density at radius 3 is 1.56 bits per heavy atom. The van der Waals surface area contributed by atoms with Crippen molar-refractivity contribution < 1.29 is 4.42 Å². The number of rotatable bonds is 0. The first-order valence-electron chi connectivity index (χ1n) is 15.4. The normalized spacial score (nSPS) is 12.4. The second-order valence-corrected chi connectivity index (χ2v) is 12.2. The molecule has 0 N–H and O–H groups in total. The summed E-state index contributed by atoms with van der Waals surface area (Å²) in [6, 6.07) is 53.3. The summed E-state index contributed by atoms with van der Waals surface area (Å²) in [6.45, 7) is 0. The van der Waals surface area contributed by atoms with Gasteiger partial charge in [-0.05, 0) is 94.3 Å². The quantitative estimate of drug-likeness (QED) is 0.177. The van der Waals surface area contributed by atoms with E-state index in [2.05, 4.69) is 154 Å². The zero-order valence-electron chi connectivity index (χ0n) is 24.2. The molecule has 0 saturated heterocycles. The molecular formula is C42H24N2O. The van der Waals surface area contributed by atoms with Crippen LogP contribution in [-0.2, 0) is 0 Å². The zero-order chi connectivity index (χ0) is 29.2. The van der Waals surface area contributed by atoms with Crippen molar-refractivity contribution in [1.82, 2.24) is 8.80 Å². The van der Waals surface area contributed by atoms with Gasteiger partial charge in [-0.15, -0.1) is 0 Å². The minimum absolute atomic E-state index is 0.900. The molecule has 12 aromatic rings. The highest BCUT2D eigenvalue weighted by molar-refractivity contribution is 6.29. The molecule has 12 rings (SSSR count). The minimum atomic E-state index is 0.900. The summed E-state index contributed by atoms with van der Waals surface area (Å²) >= 11 is 0. The van der Waals surface area contributed by atoms with E-state index in [9.17, 15) is 0 Å². The smallest absolute Gasteiger partial charge is 0.135 e. The molecule has 0 saturated carbocycles. The lowest BCUT2D eigenvalue weighted by molar-refractivity contribution is 0.669. The lowest BCUT2D eigenvalue weighted by Crippen LogP contribution is -1.86. The lowest BCUT2D eigenvalue weighted by atomic mass is 10.1. The lowest BCUT2D eigenvalue weighted by Gasteiger charge is -2.03. The van der Waals surface area contributed by atoms with Crippen LogP contribution in [0.1, 0.15) is 0 Å². The second-order valence-electron chi connectivity index (χ2n) is 12.2. The van der Waals surface area contributed by atoms with Crippen molar-refractivity contribution in [1.29, 1.82) is 0 Å². The van der Waals surface area contributed by atoms with Gasteiger partial charge in [0.05, 0.1) is 22.1 Å². The Labute approximate surface area is 256 Å². The molecule has 3 heteroatoms. The topological polar surface area (TPSA) is 22.0 Å². The van der Waals surface area contributed by atoms with Gasteiger partial charge < -0.3 is 13.2 Å². The van der Waals surface area contributed by atoms with Gasteiger partial charge >= 0.3 is 0 Å². The predicted molar refractivity (Wildman–Crippen MR) is 189 cm³/mol. The summed E-state index contributed by atoms with van der Waals surface area (Å²) in [5, 5.41) is 12.1. The third kappa shape index (κ3) is 3.04. The van der Waals surface area contributed by atoms with Gasteiger partial charge in [-0.1, -0.05) is 72.8 Å². The van der Waals surface area contributed by atoms with Gasteiger partial charge in [0.25, 0.3) is 0 Å². The van der Waals surface area contributed by atoms with Gasteiger partial charge in [-0.3, -0.25) is 0 Å². The van der Waals surface area contributed by atoms with Crippen LogP contribution in [0, 0.1) is 0 Å². The maximum Gasteiger partial charge on any atom is 0.135 e. The Bertz CT molecular complexity index is 3100. The van der Waals surface area contributed by atoms with Crippen LogP contribution in [0.4, 0.5) is 0 Å². The molecule has 0 aliphatic rings. The average Bonchev–Trinajstić information content (AvgIpc) is 3.75. The molecule has 0 radical (unpaired) electrons. The number of aromatic nitrogens is 2. The summed E-state index contributed by atoms with van der Waals surface area (Å²) in [6.07, 6.45) is 0. The van der Waals surface area contributed by atoms with Gasteiger partial charge in [-0.25, -0.2) is 0 Å². The number of benzene rings is 7. The molecule has 0 aliphatic heterocycles. The maximum absolute atomic E-state index is 6.37. The van der Waals surface area contributed by atoms with E-state index in [0.29, 0.717) is 0 Å². The molecule has 0 fully saturated rings. The van der Waals surface area contributed by atoms with E-state index in [4.69, 9.17) is 4.42 Å². The number of hydrogen-bond donors (Lipinski definition) is 0. The van der Waals surface area contributed by atoms with Gasteiger partial charge in [0.15, 0.2) is 0 Å². The highest BCUT2D eigenvalue weighted by Gasteiger charge is 2.18. The number of nitrogens with zero attached hydrogens (tertiary/aromatic N) is 2. The van der Waals surface area contributed by atoms with Crippen LogP contribution in [0.25, 0.3) is 98.1 Å². The summed E-state index contributed by atoms with van der Waals surface area (Å²) in [5.41, 5.74) is 8.89. The molecule has 208 valence electrons. The fourth-order valence-corrected chi connectivity index (χ4v) is 7.86. The zero-order valence-corrected chi connectivity index (χ0v) is 24.2. The highest BCUT2D eigenvalue weighted by Crippen LogP contribution is 2.41. The summed E-state index contributed by atoms with van der Waals surface area (Å²) in [7, 11) is 0. The first-order chi connectivity index (χ1) is 22.3. The maximum atomic E-state index is 6.37. The molecule has 5 heterocycles. The molecule has 45 heavy (non-hydrogen) atoms. The minimum Gasteiger partial charge on any atom is -0.456 e. The van der Waals surface area contributed by atoms with E-state index in [1.807, 2.05) is 0 Å². The van der Waals surface area contributed by atoms with E-state index in [1.54, 1.807) is 0 Å². The first-order valence-corrected chi connectivity index (χ1v) is 15.4. The Kier molecular flexibility index (Phi) is 4.32. The Hall–Kier alpha value is -6.06. The van der Waals surface area contributed by atoms with Crippen molar-refractivity contribution >= 4 is 98.1 Å². The SMILES string of the molecule is c1cc2cc(c1)c1cccc(c1)n1c3ccccc3c3c4c5ccccc5n(c5ccc6oc7ccc2cc7c6c5)c4ccc31. The van der Waals surface area contributed by atoms with E-state index >= 15 is 0 Å². The number of furan rings is 1. The highest BCUT2D eigenvalue weighted by atomic mass is 16.3. The fourth-order valence-electron chi connectivity index (χ4n) is 7.86. The third-order valence-electron chi connectivity index (χ3n) is 9.82. The molecular weight excluding hydrogens is 548 g/mol. The van der Waals surface area contributed by atoms with Crippen molar-refractivity contribution in [3.63, 3.8) is 0 Å². The molecule has 0 unspecified atom stereocenters. The molecule has 7 aromatic carbocycles. The molecule has 0 spiro atoms. The van der Waals surface area contributed by atoms with Crippen molar-refractivity contribution in [2.75, 3.05) is 0 Å². The van der Waals surface area contributed by atoms with Crippen LogP contribution < -0.4 is 0 Å². The van der Waals surface area contributed by atoms with Gasteiger partial charge in [0.2, 0.25) is 0 Å². The summed E-state index contributed by atoms with van der Waals surface area (Å²) in [5.74, 6) is 0. The van der Waals surface area contributed by atoms with Gasteiger partial charge in [-0.2, -0.15) is 0 Å². The number of hydrogen-bond acceptors (Lipinski definition) is 1. The summed E-state index contributed by atoms with van der Waals surface area (Å²) < 4.78 is 11.2. The van der Waals surface area contributed by atoms with E-state index in [-0.39, 0.29) is 0 Å². The van der Waals surface area contributed by atoms with Crippen LogP contribution in [-0.4, -0.2) is 8.80 Å². The Morgan fingerprint density at radius 1 is 0.333 bits per heavy atom. The van der Waals surface area contributed by atoms with E-state index in [0.717, 1.165) is 33.0 Å². The van der Waals surface area contributed by atoms with Crippen LogP contribution in [0.3, 0.4) is 0 Å². The van der Waals surface area contributed by atoms with Gasteiger partial charge in [0.1, 0.15) is 11.2 Å². The predicted octanol–water partition coefficient (Wildman–Crippen LogP) is 11.6. The van der Waals surface area contributed by atoms with Crippen LogP contribution >= 0.6 is 0 Å². The Morgan fingerprint density at radius 2 is 0.867 bits per heavy atom. The van der Waals surface area contributed by atoms with Crippen molar-refractivity contribution in [2.45, 2.75) is 0 Å². The second kappa shape index (κ2) is 8.31. The molecule has 14 bridgehead atoms. The summed E-state index contributed by atoms with van der Waals surface area (Å²) in [4.78, 5) is 0. The number of para-hydroxylation sites is 2. The van der Waals surface area contributed by atoms with Crippen molar-refractivity contribution in [3.05, 3.63) is 146 Å². The fraction of sp³-hybridized carbons (Fsp3) is 0. The third-order valence-corrected chi connectivity index (χ3v) is 9.82. The van der Waals surface area contributed by atoms with E-state index in [1.165, 1.54) is 65.2 Å². The molecule has 0 atom stereocenters.